The molecule has 2 unspecified atom stereocenters. The molecule has 2 heterocycles. The molecular weight excluding hydrogens is 284 g/mol. The van der Waals surface area contributed by atoms with Gasteiger partial charge in [0.05, 0.1) is 7.11 Å². The van der Waals surface area contributed by atoms with Crippen LogP contribution in [0.4, 0.5) is 4.79 Å². The highest BCUT2D eigenvalue weighted by Gasteiger charge is 2.50. The highest BCUT2D eigenvalue weighted by atomic mass is 16.6. The Bertz CT molecular complexity index is 548. The summed E-state index contributed by atoms with van der Waals surface area (Å²) >= 11 is 0. The van der Waals surface area contributed by atoms with Crippen LogP contribution in [0.2, 0.25) is 0 Å². The monoisotopic (exact) mass is 304 g/mol. The third-order valence-electron chi connectivity index (χ3n) is 4.30. The molecule has 0 radical (unpaired) electrons. The molecule has 0 aliphatic carbocycles. The predicted molar refractivity (Wildman–Crippen MR) is 79.1 cm³/mol. The summed E-state index contributed by atoms with van der Waals surface area (Å²) in [5.41, 5.74) is 0.902. The molecule has 1 aromatic carbocycles. The molecule has 0 bridgehead atoms. The van der Waals surface area contributed by atoms with Crippen LogP contribution in [0.15, 0.2) is 30.3 Å². The first-order valence-electron chi connectivity index (χ1n) is 7.50. The first-order chi connectivity index (χ1) is 10.7. The number of methoxy groups -OCH3 is 1. The van der Waals surface area contributed by atoms with Crippen LogP contribution in [0.3, 0.4) is 0 Å². The minimum absolute atomic E-state index is 0.0155. The van der Waals surface area contributed by atoms with E-state index in [-0.39, 0.29) is 12.6 Å². The van der Waals surface area contributed by atoms with E-state index >= 15 is 0 Å². The number of fused-ring (bicyclic) bond motifs is 1. The van der Waals surface area contributed by atoms with Crippen LogP contribution >= 0.6 is 0 Å². The zero-order valence-corrected chi connectivity index (χ0v) is 12.5. The van der Waals surface area contributed by atoms with E-state index in [0.717, 1.165) is 24.9 Å². The number of carbonyl (C=O) groups excluding carboxylic acids is 2. The van der Waals surface area contributed by atoms with E-state index in [9.17, 15) is 9.59 Å². The number of nitrogens with one attached hydrogen (secondary N) is 1. The van der Waals surface area contributed by atoms with Gasteiger partial charge in [-0.05, 0) is 18.4 Å². The molecule has 1 amide bonds. The quantitative estimate of drug-likeness (QED) is 0.656. The van der Waals surface area contributed by atoms with Gasteiger partial charge in [0, 0.05) is 18.6 Å². The maximum Gasteiger partial charge on any atom is 0.408 e. The molecule has 1 aromatic rings. The molecular formula is C16H20N2O4. The van der Waals surface area contributed by atoms with Gasteiger partial charge in [-0.1, -0.05) is 30.3 Å². The number of esters is 1. The van der Waals surface area contributed by atoms with Gasteiger partial charge in [-0.25, -0.2) is 9.59 Å². The topological polar surface area (TPSA) is 67.6 Å². The SMILES string of the molecule is COC(=O)C(NC(=O)OCc1ccccc1)[C@@H]1CC[C@@H]2CN21. The van der Waals surface area contributed by atoms with Gasteiger partial charge in [0.1, 0.15) is 12.6 Å². The van der Waals surface area contributed by atoms with Gasteiger partial charge in [0.15, 0.2) is 0 Å². The lowest BCUT2D eigenvalue weighted by molar-refractivity contribution is -0.144. The van der Waals surface area contributed by atoms with E-state index in [2.05, 4.69) is 10.2 Å². The average molecular weight is 304 g/mol. The molecule has 118 valence electrons. The van der Waals surface area contributed by atoms with Crippen molar-refractivity contribution in [3.05, 3.63) is 35.9 Å². The normalized spacial score (nSPS) is 26.7. The molecule has 2 saturated heterocycles. The Balaban J connectivity index is 1.55. The molecule has 0 spiro atoms. The lowest BCUT2D eigenvalue weighted by atomic mass is 10.0. The molecule has 2 aliphatic heterocycles. The summed E-state index contributed by atoms with van der Waals surface area (Å²) in [5.74, 6) is -0.422. The highest BCUT2D eigenvalue weighted by Crippen LogP contribution is 2.37. The van der Waals surface area contributed by atoms with Crippen LogP contribution in [-0.4, -0.2) is 48.7 Å². The molecule has 4 atom stereocenters. The van der Waals surface area contributed by atoms with Crippen LogP contribution in [0.1, 0.15) is 18.4 Å². The maximum absolute atomic E-state index is 12.0. The van der Waals surface area contributed by atoms with Crippen molar-refractivity contribution < 1.29 is 19.1 Å². The fraction of sp³-hybridized carbons (Fsp3) is 0.500. The first-order valence-corrected chi connectivity index (χ1v) is 7.50. The van der Waals surface area contributed by atoms with E-state index < -0.39 is 18.1 Å². The standard InChI is InChI=1S/C16H20N2O4/c1-21-15(19)14(13-8-7-12-9-18(12)13)17-16(20)22-10-11-5-3-2-4-6-11/h2-6,12-14H,7-10H2,1H3,(H,17,20)/t12-,13+,14?,18?/m1/s1. The Morgan fingerprint density at radius 1 is 1.32 bits per heavy atom. The van der Waals surface area contributed by atoms with Gasteiger partial charge in [0.25, 0.3) is 0 Å². The molecule has 6 heteroatoms. The van der Waals surface area contributed by atoms with Gasteiger partial charge in [-0.2, -0.15) is 0 Å². The second-order valence-corrected chi connectivity index (χ2v) is 5.70. The molecule has 6 nitrogen and oxygen atoms in total. The Morgan fingerprint density at radius 3 is 2.68 bits per heavy atom. The van der Waals surface area contributed by atoms with Crippen LogP contribution < -0.4 is 5.32 Å². The van der Waals surface area contributed by atoms with Gasteiger partial charge in [-0.15, -0.1) is 0 Å². The number of amides is 1. The summed E-state index contributed by atoms with van der Waals surface area (Å²) in [6, 6.07) is 9.34. The minimum atomic E-state index is -0.666. The van der Waals surface area contributed by atoms with Gasteiger partial charge in [-0.3, -0.25) is 4.90 Å². The number of benzene rings is 1. The number of alkyl carbamates (subject to hydrolysis) is 1. The third-order valence-corrected chi connectivity index (χ3v) is 4.30. The summed E-state index contributed by atoms with van der Waals surface area (Å²) in [6.07, 6.45) is 1.37. The second kappa shape index (κ2) is 6.36. The molecule has 2 aliphatic rings. The van der Waals surface area contributed by atoms with Crippen molar-refractivity contribution in [2.24, 2.45) is 0 Å². The zero-order valence-electron chi connectivity index (χ0n) is 12.5. The molecule has 2 fully saturated rings. The number of carbonyl (C=O) groups is 2. The van der Waals surface area contributed by atoms with Crippen molar-refractivity contribution in [1.29, 1.82) is 0 Å². The number of rotatable bonds is 5. The van der Waals surface area contributed by atoms with E-state index in [1.165, 1.54) is 7.11 Å². The van der Waals surface area contributed by atoms with Crippen molar-refractivity contribution in [1.82, 2.24) is 10.2 Å². The summed E-state index contributed by atoms with van der Waals surface area (Å²) < 4.78 is 10.0. The maximum atomic E-state index is 12.0. The summed E-state index contributed by atoms with van der Waals surface area (Å²) in [5, 5.41) is 2.66. The van der Waals surface area contributed by atoms with Crippen LogP contribution in [0.25, 0.3) is 0 Å². The Kier molecular flexibility index (Phi) is 4.29. The van der Waals surface area contributed by atoms with E-state index in [1.54, 1.807) is 0 Å². The number of piperidine rings is 1. The third kappa shape index (κ3) is 3.22. The fourth-order valence-corrected chi connectivity index (χ4v) is 3.08. The summed E-state index contributed by atoms with van der Waals surface area (Å²) in [6.45, 7) is 1.18. The average Bonchev–Trinajstić information content (AvgIpc) is 3.22. The van der Waals surface area contributed by atoms with Gasteiger partial charge in [0.2, 0.25) is 0 Å². The highest BCUT2D eigenvalue weighted by molar-refractivity contribution is 5.82. The minimum Gasteiger partial charge on any atom is -0.467 e. The Morgan fingerprint density at radius 2 is 2.09 bits per heavy atom. The summed E-state index contributed by atoms with van der Waals surface area (Å²) in [4.78, 5) is 26.1. The van der Waals surface area contributed by atoms with E-state index in [4.69, 9.17) is 9.47 Å². The Hall–Kier alpha value is -2.08. The van der Waals surface area contributed by atoms with Crippen molar-refractivity contribution >= 4 is 12.1 Å². The molecule has 0 saturated carbocycles. The lowest BCUT2D eigenvalue weighted by Gasteiger charge is -2.24. The number of ether oxygens (including phenoxy) is 2. The second-order valence-electron chi connectivity index (χ2n) is 5.70. The van der Waals surface area contributed by atoms with Crippen molar-refractivity contribution in [2.75, 3.05) is 13.7 Å². The van der Waals surface area contributed by atoms with E-state index in [1.807, 2.05) is 30.3 Å². The molecule has 1 N–H and O–H groups in total. The number of nitrogens with zero attached hydrogens (tertiary/aromatic N) is 1. The zero-order chi connectivity index (χ0) is 15.5. The Labute approximate surface area is 129 Å². The van der Waals surface area contributed by atoms with Crippen molar-refractivity contribution in [3.8, 4) is 0 Å². The van der Waals surface area contributed by atoms with Gasteiger partial charge < -0.3 is 14.8 Å². The number of hydrogen-bond acceptors (Lipinski definition) is 5. The van der Waals surface area contributed by atoms with E-state index in [0.29, 0.717) is 6.04 Å². The van der Waals surface area contributed by atoms with Crippen molar-refractivity contribution in [2.45, 2.75) is 37.6 Å². The molecule has 22 heavy (non-hydrogen) atoms. The van der Waals surface area contributed by atoms with Crippen LogP contribution in [0.5, 0.6) is 0 Å². The number of hydrogen-bond donors (Lipinski definition) is 1. The first kappa shape index (κ1) is 14.8. The fourth-order valence-electron chi connectivity index (χ4n) is 3.08. The lowest BCUT2D eigenvalue weighted by Crippen LogP contribution is -2.51. The van der Waals surface area contributed by atoms with Crippen molar-refractivity contribution in [3.63, 3.8) is 0 Å². The predicted octanol–water partition coefficient (Wildman–Crippen LogP) is 1.30. The van der Waals surface area contributed by atoms with Crippen LogP contribution in [-0.2, 0) is 20.9 Å². The smallest absolute Gasteiger partial charge is 0.408 e. The molecule has 0 aromatic heterocycles. The van der Waals surface area contributed by atoms with Gasteiger partial charge >= 0.3 is 12.1 Å². The largest absolute Gasteiger partial charge is 0.467 e. The van der Waals surface area contributed by atoms with Crippen LogP contribution in [0, 0.1) is 0 Å². The molecule has 3 rings (SSSR count). The summed E-state index contributed by atoms with van der Waals surface area (Å²) in [7, 11) is 1.33.